The van der Waals surface area contributed by atoms with Crippen LogP contribution < -0.4 is 10.5 Å². The third kappa shape index (κ3) is 3.81. The molecule has 1 aromatic rings. The molecule has 2 amide bonds. The first-order valence-corrected chi connectivity index (χ1v) is 6.95. The fourth-order valence-corrected chi connectivity index (χ4v) is 2.22. The summed E-state index contributed by atoms with van der Waals surface area (Å²) in [5.41, 5.74) is 6.65. The first-order valence-electron chi connectivity index (χ1n) is 6.95. The molecular weight excluding hydrogens is 256 g/mol. The summed E-state index contributed by atoms with van der Waals surface area (Å²) in [6.45, 7) is 1.27. The molecule has 1 heterocycles. The van der Waals surface area contributed by atoms with E-state index in [1.165, 1.54) is 10.5 Å². The van der Waals surface area contributed by atoms with Crippen molar-refractivity contribution in [2.75, 3.05) is 19.7 Å². The van der Waals surface area contributed by atoms with Gasteiger partial charge in [-0.2, -0.15) is 0 Å². The maximum absolute atomic E-state index is 11.6. The molecule has 0 radical (unpaired) electrons. The van der Waals surface area contributed by atoms with Gasteiger partial charge in [0.2, 0.25) is 11.8 Å². The van der Waals surface area contributed by atoms with Crippen LogP contribution in [-0.2, 0) is 16.0 Å². The van der Waals surface area contributed by atoms with Crippen LogP contribution >= 0.6 is 0 Å². The summed E-state index contributed by atoms with van der Waals surface area (Å²) < 4.78 is 5.56. The highest BCUT2D eigenvalue weighted by molar-refractivity contribution is 5.97. The second-order valence-electron chi connectivity index (χ2n) is 4.82. The summed E-state index contributed by atoms with van der Waals surface area (Å²) in [4.78, 5) is 24.5. The molecule has 0 aromatic heterocycles. The zero-order valence-electron chi connectivity index (χ0n) is 11.5. The van der Waals surface area contributed by atoms with Gasteiger partial charge < -0.3 is 10.5 Å². The van der Waals surface area contributed by atoms with Crippen LogP contribution in [-0.4, -0.2) is 36.4 Å². The van der Waals surface area contributed by atoms with E-state index in [0.29, 0.717) is 39.0 Å². The third-order valence-corrected chi connectivity index (χ3v) is 3.32. The van der Waals surface area contributed by atoms with Crippen molar-refractivity contribution in [3.05, 3.63) is 29.8 Å². The molecule has 5 heteroatoms. The minimum atomic E-state index is -0.0943. The number of imide groups is 1. The Balaban J connectivity index is 1.80. The molecule has 2 rings (SSSR count). The Morgan fingerprint density at radius 2 is 1.75 bits per heavy atom. The van der Waals surface area contributed by atoms with Crippen LogP contribution in [0.15, 0.2) is 24.3 Å². The van der Waals surface area contributed by atoms with Crippen molar-refractivity contribution < 1.29 is 14.3 Å². The maximum Gasteiger partial charge on any atom is 0.229 e. The molecule has 5 nitrogen and oxygen atoms in total. The van der Waals surface area contributed by atoms with Gasteiger partial charge in [-0.3, -0.25) is 14.5 Å². The van der Waals surface area contributed by atoms with Gasteiger partial charge >= 0.3 is 0 Å². The summed E-state index contributed by atoms with van der Waals surface area (Å²) in [5, 5.41) is 0. The molecule has 1 aliphatic rings. The fraction of sp³-hybridized carbons (Fsp3) is 0.467. The Hall–Kier alpha value is -1.88. The number of likely N-dealkylation sites (tertiary alicyclic amines) is 1. The van der Waals surface area contributed by atoms with Crippen LogP contribution in [0.3, 0.4) is 0 Å². The van der Waals surface area contributed by atoms with E-state index in [4.69, 9.17) is 10.5 Å². The number of carbonyl (C=O) groups excluding carboxylic acids is 2. The number of ether oxygens (including phenoxy) is 1. The molecule has 108 valence electrons. The Kier molecular flexibility index (Phi) is 5.12. The smallest absolute Gasteiger partial charge is 0.229 e. The molecule has 20 heavy (non-hydrogen) atoms. The summed E-state index contributed by atoms with van der Waals surface area (Å²) >= 11 is 0. The maximum atomic E-state index is 11.6. The lowest BCUT2D eigenvalue weighted by atomic mass is 10.1. The number of amides is 2. The summed E-state index contributed by atoms with van der Waals surface area (Å²) in [5.74, 6) is 0.550. The highest BCUT2D eigenvalue weighted by atomic mass is 16.5. The van der Waals surface area contributed by atoms with E-state index in [2.05, 4.69) is 0 Å². The first-order chi connectivity index (χ1) is 9.70. The predicted molar refractivity (Wildman–Crippen MR) is 75.3 cm³/mol. The van der Waals surface area contributed by atoms with E-state index >= 15 is 0 Å². The van der Waals surface area contributed by atoms with Crippen molar-refractivity contribution in [3.63, 3.8) is 0 Å². The van der Waals surface area contributed by atoms with Gasteiger partial charge in [0, 0.05) is 12.8 Å². The van der Waals surface area contributed by atoms with E-state index in [0.717, 1.165) is 12.2 Å². The number of carbonyl (C=O) groups is 2. The average molecular weight is 276 g/mol. The van der Waals surface area contributed by atoms with Gasteiger partial charge in [-0.05, 0) is 37.1 Å². The second kappa shape index (κ2) is 7.05. The summed E-state index contributed by atoms with van der Waals surface area (Å²) in [6, 6.07) is 7.70. The zero-order chi connectivity index (χ0) is 14.4. The fourth-order valence-electron chi connectivity index (χ4n) is 2.22. The molecule has 2 N–H and O–H groups in total. The van der Waals surface area contributed by atoms with Crippen molar-refractivity contribution in [1.29, 1.82) is 0 Å². The normalized spacial score (nSPS) is 15.6. The number of hydrogen-bond donors (Lipinski definition) is 1. The number of rotatable bonds is 6. The number of piperidine rings is 1. The highest BCUT2D eigenvalue weighted by Gasteiger charge is 2.25. The van der Waals surface area contributed by atoms with Gasteiger partial charge in [0.1, 0.15) is 12.4 Å². The van der Waals surface area contributed by atoms with E-state index in [-0.39, 0.29) is 11.8 Å². The number of nitrogens with zero attached hydrogens (tertiary/aromatic N) is 1. The van der Waals surface area contributed by atoms with E-state index in [1.54, 1.807) is 0 Å². The minimum Gasteiger partial charge on any atom is -0.492 e. The molecule has 0 aliphatic carbocycles. The Labute approximate surface area is 118 Å². The largest absolute Gasteiger partial charge is 0.492 e. The van der Waals surface area contributed by atoms with Crippen LogP contribution in [0.4, 0.5) is 0 Å². The first kappa shape index (κ1) is 14.5. The van der Waals surface area contributed by atoms with Crippen LogP contribution in [0.2, 0.25) is 0 Å². The molecule has 0 spiro atoms. The van der Waals surface area contributed by atoms with Crippen molar-refractivity contribution in [1.82, 2.24) is 4.90 Å². The molecule has 1 aliphatic heterocycles. The van der Waals surface area contributed by atoms with Gasteiger partial charge in [-0.15, -0.1) is 0 Å². The average Bonchev–Trinajstić information content (AvgIpc) is 2.44. The van der Waals surface area contributed by atoms with Crippen molar-refractivity contribution in [3.8, 4) is 5.75 Å². The topological polar surface area (TPSA) is 72.6 Å². The molecular formula is C15H20N2O3. The standard InChI is InChI=1S/C15H20N2O3/c16-9-8-12-4-6-13(7-5-12)20-11-10-17-14(18)2-1-3-15(17)19/h4-7H,1-3,8-11,16H2. The van der Waals surface area contributed by atoms with E-state index in [9.17, 15) is 9.59 Å². The Morgan fingerprint density at radius 3 is 2.35 bits per heavy atom. The summed E-state index contributed by atoms with van der Waals surface area (Å²) in [6.07, 6.45) is 2.42. The van der Waals surface area contributed by atoms with Gasteiger partial charge in [0.05, 0.1) is 6.54 Å². The lowest BCUT2D eigenvalue weighted by Gasteiger charge is -2.24. The van der Waals surface area contributed by atoms with Crippen LogP contribution in [0.5, 0.6) is 5.75 Å². The van der Waals surface area contributed by atoms with Crippen LogP contribution in [0.25, 0.3) is 0 Å². The molecule has 0 atom stereocenters. The molecule has 1 aromatic carbocycles. The lowest BCUT2D eigenvalue weighted by Crippen LogP contribution is -2.42. The summed E-state index contributed by atoms with van der Waals surface area (Å²) in [7, 11) is 0. The van der Waals surface area contributed by atoms with Crippen molar-refractivity contribution in [2.45, 2.75) is 25.7 Å². The third-order valence-electron chi connectivity index (χ3n) is 3.32. The van der Waals surface area contributed by atoms with Crippen molar-refractivity contribution in [2.24, 2.45) is 5.73 Å². The molecule has 1 fully saturated rings. The van der Waals surface area contributed by atoms with Gasteiger partial charge in [0.25, 0.3) is 0 Å². The molecule has 1 saturated heterocycles. The molecule has 0 saturated carbocycles. The monoisotopic (exact) mass is 276 g/mol. The number of benzene rings is 1. The molecule has 0 unspecified atom stereocenters. The number of hydrogen-bond acceptors (Lipinski definition) is 4. The Bertz CT molecular complexity index is 455. The Morgan fingerprint density at radius 1 is 1.10 bits per heavy atom. The lowest BCUT2D eigenvalue weighted by molar-refractivity contribution is -0.148. The van der Waals surface area contributed by atoms with Crippen LogP contribution in [0.1, 0.15) is 24.8 Å². The van der Waals surface area contributed by atoms with Gasteiger partial charge in [-0.25, -0.2) is 0 Å². The van der Waals surface area contributed by atoms with E-state index < -0.39 is 0 Å². The second-order valence-corrected chi connectivity index (χ2v) is 4.82. The van der Waals surface area contributed by atoms with E-state index in [1.807, 2.05) is 24.3 Å². The number of nitrogens with two attached hydrogens (primary N) is 1. The van der Waals surface area contributed by atoms with Gasteiger partial charge in [-0.1, -0.05) is 12.1 Å². The minimum absolute atomic E-state index is 0.0943. The molecule has 0 bridgehead atoms. The van der Waals surface area contributed by atoms with Gasteiger partial charge in [0.15, 0.2) is 0 Å². The van der Waals surface area contributed by atoms with Crippen molar-refractivity contribution >= 4 is 11.8 Å². The SMILES string of the molecule is NCCc1ccc(OCCN2C(=O)CCCC2=O)cc1. The zero-order valence-corrected chi connectivity index (χ0v) is 11.5. The highest BCUT2D eigenvalue weighted by Crippen LogP contribution is 2.14. The van der Waals surface area contributed by atoms with Crippen LogP contribution in [0, 0.1) is 0 Å². The predicted octanol–water partition coefficient (Wildman–Crippen LogP) is 1.11. The quantitative estimate of drug-likeness (QED) is 0.790.